The zero-order valence-corrected chi connectivity index (χ0v) is 49.6. The number of rotatable bonds is 22. The molecular formula is C60H69N3O13S4. The van der Waals surface area contributed by atoms with Crippen molar-refractivity contribution in [1.82, 2.24) is 0 Å². The molecule has 4 heterocycles. The summed E-state index contributed by atoms with van der Waals surface area (Å²) in [7, 11) is -0.787. The number of methoxy groups -OCH3 is 1. The SMILES string of the molecule is CCC(=O)CCC(C)SSC(C)(C)CCC(=O)N(C)c1cc(COc2cc3c(cc2C)C(=O)N2c4ccccc4C[C@H]2C(S(=O)(=O)OC)C3)cc(COc2cc3c(cc2OC)C(=O)N2c4ccccc4C[C@H]2C(CS(=O)(=O)O)C3)c1. The van der Waals surface area contributed by atoms with E-state index in [0.29, 0.717) is 93.9 Å². The maximum Gasteiger partial charge on any atom is 0.272 e. The molecule has 0 saturated heterocycles. The molecule has 4 aliphatic rings. The summed E-state index contributed by atoms with van der Waals surface area (Å²) in [4.78, 5) is 60.0. The molecule has 16 nitrogen and oxygen atoms in total. The van der Waals surface area contributed by atoms with Crippen LogP contribution >= 0.6 is 21.6 Å². The summed E-state index contributed by atoms with van der Waals surface area (Å²) in [5, 5.41) is -0.796. The number of hydrogen-bond acceptors (Lipinski definition) is 14. The Balaban J connectivity index is 1.00. The van der Waals surface area contributed by atoms with Crippen molar-refractivity contribution in [2.24, 2.45) is 5.92 Å². The number of ether oxygens (including phenoxy) is 3. The van der Waals surface area contributed by atoms with Crippen LogP contribution in [0.25, 0.3) is 0 Å². The van der Waals surface area contributed by atoms with Gasteiger partial charge in [0.1, 0.15) is 30.0 Å². The fourth-order valence-corrected chi connectivity index (χ4v) is 16.1. The molecule has 0 bridgehead atoms. The van der Waals surface area contributed by atoms with Gasteiger partial charge in [0, 0.05) is 76.5 Å². The van der Waals surface area contributed by atoms with Crippen LogP contribution in [-0.4, -0.2) is 99.2 Å². The first-order valence-electron chi connectivity index (χ1n) is 26.9. The van der Waals surface area contributed by atoms with Crippen LogP contribution < -0.4 is 28.9 Å². The van der Waals surface area contributed by atoms with Gasteiger partial charge in [0.15, 0.2) is 11.5 Å². The lowest BCUT2D eigenvalue weighted by Crippen LogP contribution is -2.47. The van der Waals surface area contributed by atoms with Crippen LogP contribution in [0.3, 0.4) is 0 Å². The van der Waals surface area contributed by atoms with Crippen molar-refractivity contribution in [3.63, 3.8) is 0 Å². The monoisotopic (exact) mass is 1170 g/mol. The van der Waals surface area contributed by atoms with E-state index in [-0.39, 0.29) is 77.5 Å². The van der Waals surface area contributed by atoms with Crippen LogP contribution in [0.2, 0.25) is 0 Å². The smallest absolute Gasteiger partial charge is 0.272 e. The molecule has 9 rings (SSSR count). The maximum atomic E-state index is 14.5. The largest absolute Gasteiger partial charge is 0.493 e. The van der Waals surface area contributed by atoms with Gasteiger partial charge in [0.25, 0.3) is 32.1 Å². The lowest BCUT2D eigenvalue weighted by molar-refractivity contribution is -0.119. The molecule has 20 heteroatoms. The number of carbonyl (C=O) groups excluding carboxylic acids is 4. The van der Waals surface area contributed by atoms with Crippen molar-refractivity contribution in [2.75, 3.05) is 41.7 Å². The zero-order valence-electron chi connectivity index (χ0n) is 46.4. The van der Waals surface area contributed by atoms with Crippen molar-refractivity contribution >= 4 is 82.4 Å². The molecule has 3 amide bonds. The maximum absolute atomic E-state index is 14.5. The van der Waals surface area contributed by atoms with Crippen LogP contribution in [0.5, 0.6) is 17.2 Å². The van der Waals surface area contributed by atoms with E-state index in [2.05, 4.69) is 20.8 Å². The number of fused-ring (bicyclic) bond motifs is 8. The van der Waals surface area contributed by atoms with E-state index >= 15 is 0 Å². The van der Waals surface area contributed by atoms with Gasteiger partial charge in [-0.25, -0.2) is 0 Å². The van der Waals surface area contributed by atoms with E-state index in [1.54, 1.807) is 67.6 Å². The van der Waals surface area contributed by atoms with E-state index < -0.39 is 49.2 Å². The summed E-state index contributed by atoms with van der Waals surface area (Å²) >= 11 is 0. The molecule has 1 N–H and O–H groups in total. The number of hydrogen-bond donors (Lipinski definition) is 1. The summed E-state index contributed by atoms with van der Waals surface area (Å²) in [5.74, 6) is -0.703. The van der Waals surface area contributed by atoms with Crippen molar-refractivity contribution in [2.45, 2.75) is 133 Å². The minimum Gasteiger partial charge on any atom is -0.493 e. The Morgan fingerprint density at radius 3 is 1.94 bits per heavy atom. The van der Waals surface area contributed by atoms with Crippen molar-refractivity contribution < 1.29 is 59.0 Å². The van der Waals surface area contributed by atoms with Gasteiger partial charge in [-0.2, -0.15) is 16.8 Å². The second-order valence-corrected chi connectivity index (χ2v) is 28.7. The third-order valence-corrected chi connectivity index (χ3v) is 22.3. The highest BCUT2D eigenvalue weighted by Crippen LogP contribution is 2.46. The molecule has 0 saturated carbocycles. The summed E-state index contributed by atoms with van der Waals surface area (Å²) in [6, 6.07) is 26.1. The Bertz CT molecular complexity index is 3460. The summed E-state index contributed by atoms with van der Waals surface area (Å²) in [5.41, 5.74) is 7.43. The van der Waals surface area contributed by atoms with E-state index in [1.165, 1.54) is 7.11 Å². The highest BCUT2D eigenvalue weighted by molar-refractivity contribution is 8.77. The summed E-state index contributed by atoms with van der Waals surface area (Å²) < 4.78 is 86.3. The molecule has 3 unspecified atom stereocenters. The van der Waals surface area contributed by atoms with Crippen molar-refractivity contribution in [3.8, 4) is 17.2 Å². The molecule has 0 radical (unpaired) electrons. The first-order valence-corrected chi connectivity index (χ1v) is 32.2. The highest BCUT2D eigenvalue weighted by Gasteiger charge is 2.48. The molecule has 4 aliphatic heterocycles. The quantitative estimate of drug-likeness (QED) is 0.0389. The zero-order chi connectivity index (χ0) is 57.4. The lowest BCUT2D eigenvalue weighted by Gasteiger charge is -2.28. The molecule has 0 aliphatic carbocycles. The number of benzene rings is 5. The number of anilines is 3. The van der Waals surface area contributed by atoms with Gasteiger partial charge < -0.3 is 28.9 Å². The van der Waals surface area contributed by atoms with Crippen LogP contribution in [0.15, 0.2) is 91.0 Å². The summed E-state index contributed by atoms with van der Waals surface area (Å²) in [6.07, 6.45) is 3.64. The molecular weight excluding hydrogens is 1100 g/mol. The van der Waals surface area contributed by atoms with Crippen LogP contribution in [-0.2, 0) is 72.9 Å². The third-order valence-electron chi connectivity index (χ3n) is 15.8. The van der Waals surface area contributed by atoms with E-state index in [4.69, 9.17) is 18.4 Å². The third kappa shape index (κ3) is 12.7. The van der Waals surface area contributed by atoms with Crippen molar-refractivity contribution in [1.29, 1.82) is 0 Å². The first kappa shape index (κ1) is 58.7. The number of amides is 3. The van der Waals surface area contributed by atoms with Gasteiger partial charge >= 0.3 is 0 Å². The average Bonchev–Trinajstić information content (AvgIpc) is 4.21. The number of nitrogens with zero attached hydrogens (tertiary/aromatic N) is 3. The predicted molar refractivity (Wildman–Crippen MR) is 314 cm³/mol. The van der Waals surface area contributed by atoms with Crippen molar-refractivity contribution in [3.05, 3.63) is 141 Å². The molecule has 0 fully saturated rings. The number of aryl methyl sites for hydroxylation is 1. The Kier molecular flexibility index (Phi) is 17.5. The van der Waals surface area contributed by atoms with Gasteiger partial charge in [-0.15, -0.1) is 0 Å². The molecule has 5 aromatic rings. The topological polar surface area (TPSA) is 203 Å². The minimum absolute atomic E-state index is 0.00151. The molecule has 426 valence electrons. The fourth-order valence-electron chi connectivity index (χ4n) is 11.4. The van der Waals surface area contributed by atoms with Gasteiger partial charge in [-0.05, 0) is 153 Å². The van der Waals surface area contributed by atoms with Crippen LogP contribution in [0, 0.1) is 12.8 Å². The number of carbonyl (C=O) groups is 4. The number of ketones is 1. The second-order valence-electron chi connectivity index (χ2n) is 21.9. The Morgan fingerprint density at radius 1 is 0.750 bits per heavy atom. The number of Topliss-reactive ketones (excluding diaryl/α,β-unsaturated/α-hetero) is 1. The van der Waals surface area contributed by atoms with Gasteiger partial charge in [0.2, 0.25) is 5.91 Å². The first-order chi connectivity index (χ1) is 38.0. The van der Waals surface area contributed by atoms with Gasteiger partial charge in [0.05, 0.1) is 26.0 Å². The average molecular weight is 1170 g/mol. The number of para-hydroxylation sites is 2. The van der Waals surface area contributed by atoms with Crippen LogP contribution in [0.4, 0.5) is 17.1 Å². The van der Waals surface area contributed by atoms with E-state index in [0.717, 1.165) is 24.7 Å². The summed E-state index contributed by atoms with van der Waals surface area (Å²) in [6.45, 7) is 10.0. The second kappa shape index (κ2) is 23.9. The van der Waals surface area contributed by atoms with Gasteiger partial charge in [-0.1, -0.05) is 71.8 Å². The Morgan fingerprint density at radius 2 is 1.32 bits per heavy atom. The molecule has 5 atom stereocenters. The Labute approximate surface area is 477 Å². The standard InChI is InChI=1S/C60H69N3O13S4/c1-9-46(64)19-18-37(3)77-78-60(4,5)21-20-57(65)61(6)45-24-38(33-75-53-29-43-31-56(80(71,72)74-8)52-28-41-15-11-13-17-50(41)63(52)58(66)47(43)22-36(53)2)23-39(25-45)34-76-55-30-42-26-44(35-79(68,69)70)51-27-40-14-10-12-16-49(40)62(51)59(67)48(42)32-54(55)73-7/h10-17,22-25,29-30,32,37,44,51-52,56H,9,18-21,26-28,31,33-35H2,1-8H3,(H,68,69,70)/t37?,44?,51-,52-,56?/m0/s1. The van der Waals surface area contributed by atoms with Gasteiger partial charge in [-0.3, -0.25) is 27.9 Å². The normalized spacial score (nSPS) is 18.9. The minimum atomic E-state index is -4.44. The molecule has 80 heavy (non-hydrogen) atoms. The lowest BCUT2D eigenvalue weighted by atomic mass is 9.91. The molecule has 0 aromatic heterocycles. The predicted octanol–water partition coefficient (Wildman–Crippen LogP) is 10.3. The molecule has 0 spiro atoms. The Hall–Kier alpha value is -5.90. The van der Waals surface area contributed by atoms with E-state index in [9.17, 15) is 40.6 Å². The van der Waals surface area contributed by atoms with Crippen LogP contribution in [0.1, 0.15) is 119 Å². The van der Waals surface area contributed by atoms with E-state index in [1.807, 2.05) is 80.6 Å². The molecule has 5 aromatic carbocycles. The highest BCUT2D eigenvalue weighted by atomic mass is 33.1. The fraction of sp³-hybridized carbons (Fsp3) is 0.433.